The molecule has 0 saturated carbocycles. The van der Waals surface area contributed by atoms with E-state index in [1.807, 2.05) is 13.8 Å². The lowest BCUT2D eigenvalue weighted by atomic mass is 10.2. The molecule has 0 radical (unpaired) electrons. The molecule has 6 nitrogen and oxygen atoms in total. The molecule has 21 heavy (non-hydrogen) atoms. The van der Waals surface area contributed by atoms with Gasteiger partial charge in [-0.3, -0.25) is 0 Å². The van der Waals surface area contributed by atoms with Crippen molar-refractivity contribution in [2.45, 2.75) is 20.0 Å². The van der Waals surface area contributed by atoms with E-state index < -0.39 is 5.82 Å². The minimum atomic E-state index is -0.524. The second-order valence-electron chi connectivity index (χ2n) is 4.50. The van der Waals surface area contributed by atoms with Crippen LogP contribution in [0.3, 0.4) is 0 Å². The lowest BCUT2D eigenvalue weighted by Crippen LogP contribution is -2.11. The van der Waals surface area contributed by atoms with Gasteiger partial charge < -0.3 is 14.8 Å². The van der Waals surface area contributed by atoms with Crippen LogP contribution >= 0.6 is 0 Å². The third-order valence-electron chi connectivity index (χ3n) is 2.60. The van der Waals surface area contributed by atoms with E-state index in [4.69, 9.17) is 9.47 Å². The molecule has 0 unspecified atom stereocenters. The number of halogens is 1. The second-order valence-corrected chi connectivity index (χ2v) is 4.50. The van der Waals surface area contributed by atoms with Crippen LogP contribution in [0, 0.1) is 5.82 Å². The maximum absolute atomic E-state index is 14.3. The third kappa shape index (κ3) is 3.36. The largest absolute Gasteiger partial charge is 0.494 e. The van der Waals surface area contributed by atoms with Crippen LogP contribution in [0.1, 0.15) is 13.8 Å². The highest BCUT2D eigenvalue weighted by Gasteiger charge is 2.16. The first-order valence-corrected chi connectivity index (χ1v) is 6.48. The fourth-order valence-electron chi connectivity index (χ4n) is 1.69. The predicted molar refractivity (Wildman–Crippen MR) is 77.1 cm³/mol. The summed E-state index contributed by atoms with van der Waals surface area (Å²) in [5.41, 5.74) is 0.224. The van der Waals surface area contributed by atoms with Crippen LogP contribution < -0.4 is 14.8 Å². The van der Waals surface area contributed by atoms with Gasteiger partial charge >= 0.3 is 6.01 Å². The molecule has 0 amide bonds. The number of benzene rings is 1. The van der Waals surface area contributed by atoms with Crippen molar-refractivity contribution in [3.8, 4) is 23.1 Å². The van der Waals surface area contributed by atoms with E-state index >= 15 is 0 Å². The number of rotatable bonds is 5. The molecule has 0 fully saturated rings. The van der Waals surface area contributed by atoms with Crippen molar-refractivity contribution in [1.82, 2.24) is 15.0 Å². The van der Waals surface area contributed by atoms with Crippen molar-refractivity contribution >= 4 is 5.95 Å². The number of hydrogen-bond donors (Lipinski definition) is 1. The fraction of sp³-hybridized carbons (Fsp3) is 0.357. The van der Waals surface area contributed by atoms with Crippen molar-refractivity contribution in [3.63, 3.8) is 0 Å². The molecular formula is C14H17FN4O2. The normalized spacial score (nSPS) is 10.6. The van der Waals surface area contributed by atoms with Crippen LogP contribution in [0.5, 0.6) is 11.8 Å². The molecule has 0 atom stereocenters. The van der Waals surface area contributed by atoms with Gasteiger partial charge in [0.1, 0.15) is 0 Å². The first kappa shape index (κ1) is 15.0. The monoisotopic (exact) mass is 292 g/mol. The lowest BCUT2D eigenvalue weighted by molar-refractivity contribution is 0.222. The Balaban J connectivity index is 2.52. The van der Waals surface area contributed by atoms with Gasteiger partial charge in [0.15, 0.2) is 17.4 Å². The zero-order chi connectivity index (χ0) is 15.4. The Labute approximate surface area is 122 Å². The minimum absolute atomic E-state index is 0.0971. The van der Waals surface area contributed by atoms with Gasteiger partial charge in [0, 0.05) is 7.05 Å². The molecule has 0 aliphatic carbocycles. The Bertz CT molecular complexity index is 634. The molecule has 0 aliphatic rings. The molecule has 2 rings (SSSR count). The number of hydrogen-bond acceptors (Lipinski definition) is 6. The number of anilines is 1. The summed E-state index contributed by atoms with van der Waals surface area (Å²) in [6.07, 6.45) is -0.0971. The Morgan fingerprint density at radius 2 is 1.95 bits per heavy atom. The molecule has 7 heteroatoms. The Morgan fingerprint density at radius 3 is 2.57 bits per heavy atom. The summed E-state index contributed by atoms with van der Waals surface area (Å²) in [6.45, 7) is 3.71. The average molecular weight is 292 g/mol. The molecule has 0 spiro atoms. The van der Waals surface area contributed by atoms with Gasteiger partial charge in [0.05, 0.1) is 18.8 Å². The van der Waals surface area contributed by atoms with E-state index in [-0.39, 0.29) is 29.3 Å². The standard InChI is InChI=1S/C14H17FN4O2/c1-8(2)21-14-18-12(17-13(16-3)19-14)9-6-5-7-10(20-4)11(9)15/h5-8H,1-4H3,(H,16,17,18,19). The van der Waals surface area contributed by atoms with Crippen molar-refractivity contribution < 1.29 is 13.9 Å². The molecule has 0 aliphatic heterocycles. The Kier molecular flexibility index (Phi) is 4.52. The number of aromatic nitrogens is 3. The summed E-state index contributed by atoms with van der Waals surface area (Å²) in [4.78, 5) is 12.4. The van der Waals surface area contributed by atoms with E-state index in [0.29, 0.717) is 5.95 Å². The summed E-state index contributed by atoms with van der Waals surface area (Å²) < 4.78 is 24.7. The second kappa shape index (κ2) is 6.34. The van der Waals surface area contributed by atoms with Crippen LogP contribution in [0.4, 0.5) is 10.3 Å². The maximum Gasteiger partial charge on any atom is 0.322 e. The summed E-state index contributed by atoms with van der Waals surface area (Å²) >= 11 is 0. The van der Waals surface area contributed by atoms with Gasteiger partial charge in [0.25, 0.3) is 0 Å². The van der Waals surface area contributed by atoms with Crippen LogP contribution in [0.25, 0.3) is 11.4 Å². The van der Waals surface area contributed by atoms with E-state index in [9.17, 15) is 4.39 Å². The highest BCUT2D eigenvalue weighted by atomic mass is 19.1. The highest BCUT2D eigenvalue weighted by molar-refractivity contribution is 5.60. The molecule has 2 aromatic rings. The number of nitrogens with zero attached hydrogens (tertiary/aromatic N) is 3. The summed E-state index contributed by atoms with van der Waals surface area (Å²) in [5.74, 6) is 0.0910. The highest BCUT2D eigenvalue weighted by Crippen LogP contribution is 2.28. The van der Waals surface area contributed by atoms with Gasteiger partial charge in [-0.1, -0.05) is 6.07 Å². The van der Waals surface area contributed by atoms with Gasteiger partial charge in [-0.15, -0.1) is 0 Å². The number of methoxy groups -OCH3 is 1. The zero-order valence-electron chi connectivity index (χ0n) is 12.3. The van der Waals surface area contributed by atoms with Gasteiger partial charge in [-0.2, -0.15) is 15.0 Å². The number of nitrogens with one attached hydrogen (secondary N) is 1. The smallest absolute Gasteiger partial charge is 0.322 e. The Hall–Kier alpha value is -2.44. The summed E-state index contributed by atoms with van der Waals surface area (Å²) in [6, 6.07) is 4.92. The van der Waals surface area contributed by atoms with E-state index in [1.54, 1.807) is 19.2 Å². The topological polar surface area (TPSA) is 69.2 Å². The molecule has 0 bridgehead atoms. The fourth-order valence-corrected chi connectivity index (χ4v) is 1.69. The maximum atomic E-state index is 14.3. The van der Waals surface area contributed by atoms with Crippen LogP contribution in [-0.2, 0) is 0 Å². The lowest BCUT2D eigenvalue weighted by Gasteiger charge is -2.11. The quantitative estimate of drug-likeness (QED) is 0.913. The van der Waals surface area contributed by atoms with E-state index in [0.717, 1.165) is 0 Å². The SMILES string of the molecule is CNc1nc(OC(C)C)nc(-c2cccc(OC)c2F)n1. The molecule has 0 saturated heterocycles. The van der Waals surface area contributed by atoms with Crippen LogP contribution in [0.15, 0.2) is 18.2 Å². The molecule has 1 aromatic carbocycles. The zero-order valence-corrected chi connectivity index (χ0v) is 12.3. The molecule has 1 aromatic heterocycles. The van der Waals surface area contributed by atoms with Gasteiger partial charge in [0.2, 0.25) is 5.95 Å². The van der Waals surface area contributed by atoms with Crippen molar-refractivity contribution in [1.29, 1.82) is 0 Å². The first-order valence-electron chi connectivity index (χ1n) is 6.48. The minimum Gasteiger partial charge on any atom is -0.494 e. The van der Waals surface area contributed by atoms with Crippen LogP contribution in [0.2, 0.25) is 0 Å². The average Bonchev–Trinajstić information content (AvgIpc) is 2.46. The van der Waals surface area contributed by atoms with E-state index in [1.165, 1.54) is 13.2 Å². The molecule has 1 heterocycles. The summed E-state index contributed by atoms with van der Waals surface area (Å²) in [7, 11) is 3.07. The predicted octanol–water partition coefficient (Wildman–Crippen LogP) is 2.52. The van der Waals surface area contributed by atoms with Crippen molar-refractivity contribution in [2.24, 2.45) is 0 Å². The van der Waals surface area contributed by atoms with Gasteiger partial charge in [-0.05, 0) is 26.0 Å². The van der Waals surface area contributed by atoms with E-state index in [2.05, 4.69) is 20.3 Å². The van der Waals surface area contributed by atoms with Gasteiger partial charge in [-0.25, -0.2) is 4.39 Å². The first-order chi connectivity index (χ1) is 10.0. The van der Waals surface area contributed by atoms with Crippen LogP contribution in [-0.4, -0.2) is 35.2 Å². The summed E-state index contributed by atoms with van der Waals surface area (Å²) in [5, 5.41) is 2.80. The molecule has 1 N–H and O–H groups in total. The van der Waals surface area contributed by atoms with Crippen molar-refractivity contribution in [2.75, 3.05) is 19.5 Å². The molecule has 112 valence electrons. The molecular weight excluding hydrogens is 275 g/mol. The third-order valence-corrected chi connectivity index (χ3v) is 2.60. The van der Waals surface area contributed by atoms with Crippen molar-refractivity contribution in [3.05, 3.63) is 24.0 Å². The Morgan fingerprint density at radius 1 is 1.19 bits per heavy atom. The number of ether oxygens (including phenoxy) is 2.